The number of hydrogen-bond donors (Lipinski definition) is 0. The van der Waals surface area contributed by atoms with Crippen LogP contribution in [-0.4, -0.2) is 24.0 Å². The third-order valence-corrected chi connectivity index (χ3v) is 1.61. The monoisotopic (exact) mass is 242 g/mol. The molecule has 0 aromatic heterocycles. The lowest BCUT2D eigenvalue weighted by atomic mass is 10.0. The third-order valence-electron chi connectivity index (χ3n) is 1.61. The van der Waals surface area contributed by atoms with Crippen LogP contribution in [0.25, 0.3) is 0 Å². The molecule has 1 unspecified atom stereocenters. The van der Waals surface area contributed by atoms with Gasteiger partial charge < -0.3 is 0 Å². The Morgan fingerprint density at radius 1 is 1.25 bits per heavy atom. The van der Waals surface area contributed by atoms with Crippen molar-refractivity contribution in [1.82, 2.24) is 0 Å². The molecule has 4 nitrogen and oxygen atoms in total. The molecule has 7 heteroatoms. The van der Waals surface area contributed by atoms with Crippen LogP contribution in [-0.2, 0) is 19.4 Å². The lowest BCUT2D eigenvalue weighted by Gasteiger charge is -2.14. The zero-order valence-corrected chi connectivity index (χ0v) is 9.13. The van der Waals surface area contributed by atoms with Gasteiger partial charge in [0.1, 0.15) is 5.92 Å². The van der Waals surface area contributed by atoms with Crippen LogP contribution in [0.4, 0.5) is 13.2 Å². The molecule has 0 aliphatic rings. The highest BCUT2D eigenvalue weighted by Gasteiger charge is 2.46. The Morgan fingerprint density at radius 2 is 1.75 bits per heavy atom. The molecule has 0 heterocycles. The highest BCUT2D eigenvalue weighted by atomic mass is 19.4. The summed E-state index contributed by atoms with van der Waals surface area (Å²) in [7, 11) is 0. The van der Waals surface area contributed by atoms with Crippen LogP contribution in [0.2, 0.25) is 0 Å². The summed E-state index contributed by atoms with van der Waals surface area (Å²) in [5.74, 6) is -5.30. The van der Waals surface area contributed by atoms with E-state index in [1.165, 1.54) is 20.8 Å². The Balaban J connectivity index is 4.50. The number of halogens is 3. The molecular formula is C9H13F3O4. The normalized spacial score (nSPS) is 13.7. The molecule has 0 radical (unpaired) electrons. The first-order valence-electron chi connectivity index (χ1n) is 4.68. The molecule has 1 atom stereocenters. The minimum Gasteiger partial charge on any atom is -0.297 e. The smallest absolute Gasteiger partial charge is 0.297 e. The first-order chi connectivity index (χ1) is 7.20. The molecule has 0 aromatic carbocycles. The van der Waals surface area contributed by atoms with E-state index in [4.69, 9.17) is 0 Å². The average molecular weight is 242 g/mol. The molecule has 0 aliphatic carbocycles. The molecule has 0 rings (SSSR count). The van der Waals surface area contributed by atoms with Gasteiger partial charge in [0.15, 0.2) is 0 Å². The molecule has 0 saturated carbocycles. The van der Waals surface area contributed by atoms with Crippen molar-refractivity contribution in [3.05, 3.63) is 0 Å². The average Bonchev–Trinajstić information content (AvgIpc) is 2.14. The molecule has 0 amide bonds. The van der Waals surface area contributed by atoms with Gasteiger partial charge in [0.2, 0.25) is 0 Å². The van der Waals surface area contributed by atoms with Gasteiger partial charge in [0.05, 0.1) is 6.10 Å². The van der Waals surface area contributed by atoms with Crippen LogP contribution in [0.3, 0.4) is 0 Å². The summed E-state index contributed by atoms with van der Waals surface area (Å²) in [4.78, 5) is 30.4. The number of carbonyl (C=O) groups excluding carboxylic acids is 2. The summed E-state index contributed by atoms with van der Waals surface area (Å²) < 4.78 is 36.1. The van der Waals surface area contributed by atoms with E-state index in [0.717, 1.165) is 0 Å². The molecular weight excluding hydrogens is 229 g/mol. The zero-order chi connectivity index (χ0) is 12.9. The zero-order valence-electron chi connectivity index (χ0n) is 9.13. The summed E-state index contributed by atoms with van der Waals surface area (Å²) in [6.45, 7) is 4.34. The topological polar surface area (TPSA) is 52.6 Å². The Morgan fingerprint density at radius 3 is 2.06 bits per heavy atom. The first kappa shape index (κ1) is 14.9. The first-order valence-corrected chi connectivity index (χ1v) is 4.68. The van der Waals surface area contributed by atoms with Crippen molar-refractivity contribution >= 4 is 11.8 Å². The van der Waals surface area contributed by atoms with E-state index in [1.54, 1.807) is 0 Å². The summed E-state index contributed by atoms with van der Waals surface area (Å²) in [6, 6.07) is 0. The summed E-state index contributed by atoms with van der Waals surface area (Å²) in [5.41, 5.74) is 0. The molecule has 0 saturated heterocycles. The van der Waals surface area contributed by atoms with Crippen molar-refractivity contribution in [2.24, 2.45) is 5.92 Å². The number of hydrogen-bond acceptors (Lipinski definition) is 4. The molecule has 0 bridgehead atoms. The number of alkyl halides is 3. The second-order valence-electron chi connectivity index (χ2n) is 3.37. The van der Waals surface area contributed by atoms with Gasteiger partial charge in [-0.05, 0) is 20.3 Å². The molecule has 94 valence electrons. The van der Waals surface area contributed by atoms with Gasteiger partial charge in [-0.1, -0.05) is 6.92 Å². The number of rotatable bonds is 5. The van der Waals surface area contributed by atoms with Crippen LogP contribution in [0.15, 0.2) is 0 Å². The van der Waals surface area contributed by atoms with E-state index in [9.17, 15) is 22.8 Å². The minimum absolute atomic E-state index is 0.293. The molecule has 0 spiro atoms. The van der Waals surface area contributed by atoms with Crippen LogP contribution in [0, 0.1) is 5.92 Å². The van der Waals surface area contributed by atoms with Gasteiger partial charge in [-0.3, -0.25) is 9.68 Å². The fraction of sp³-hybridized carbons (Fsp3) is 0.778. The van der Waals surface area contributed by atoms with Crippen molar-refractivity contribution in [2.45, 2.75) is 39.5 Å². The van der Waals surface area contributed by atoms with E-state index in [1.807, 2.05) is 0 Å². The summed E-state index contributed by atoms with van der Waals surface area (Å²) in [6.07, 6.45) is -5.82. The lowest BCUT2D eigenvalue weighted by Crippen LogP contribution is -2.36. The maximum Gasteiger partial charge on any atom is 0.450 e. The van der Waals surface area contributed by atoms with E-state index < -0.39 is 30.0 Å². The predicted octanol–water partition coefficient (Wildman–Crippen LogP) is 2.03. The maximum atomic E-state index is 12.0. The Hall–Kier alpha value is -1.11. The van der Waals surface area contributed by atoms with Crippen LogP contribution in [0.5, 0.6) is 0 Å². The Kier molecular flexibility index (Phi) is 5.43. The van der Waals surface area contributed by atoms with Crippen molar-refractivity contribution in [1.29, 1.82) is 0 Å². The number of Topliss-reactive ketones (excluding diaryl/α,β-unsaturated/α-hetero) is 1. The molecule has 0 N–H and O–H groups in total. The van der Waals surface area contributed by atoms with Gasteiger partial charge in [-0.15, -0.1) is 0 Å². The maximum absolute atomic E-state index is 12.0. The second kappa shape index (κ2) is 5.83. The van der Waals surface area contributed by atoms with Crippen LogP contribution < -0.4 is 0 Å². The van der Waals surface area contributed by atoms with Gasteiger partial charge in [0, 0.05) is 0 Å². The van der Waals surface area contributed by atoms with E-state index >= 15 is 0 Å². The number of carbonyl (C=O) groups is 2. The highest BCUT2D eigenvalue weighted by Crippen LogP contribution is 2.23. The largest absolute Gasteiger partial charge is 0.450 e. The van der Waals surface area contributed by atoms with E-state index in [2.05, 4.69) is 9.78 Å². The fourth-order valence-electron chi connectivity index (χ4n) is 0.858. The van der Waals surface area contributed by atoms with Crippen molar-refractivity contribution in [3.8, 4) is 0 Å². The highest BCUT2D eigenvalue weighted by molar-refractivity contribution is 6.01. The van der Waals surface area contributed by atoms with Crippen LogP contribution >= 0.6 is 0 Å². The van der Waals surface area contributed by atoms with Crippen LogP contribution in [0.1, 0.15) is 27.2 Å². The molecule has 0 fully saturated rings. The van der Waals surface area contributed by atoms with Gasteiger partial charge in [0.25, 0.3) is 5.78 Å². The van der Waals surface area contributed by atoms with Gasteiger partial charge in [-0.2, -0.15) is 18.1 Å². The quantitative estimate of drug-likeness (QED) is 0.420. The third kappa shape index (κ3) is 4.61. The molecule has 0 aliphatic heterocycles. The Labute approximate surface area is 90.6 Å². The standard InChI is InChI=1S/C9H13F3O4/c1-4-6(7(13)9(10,11)12)8(14)16-15-5(2)3/h5-6H,4H2,1-3H3. The fourth-order valence-corrected chi connectivity index (χ4v) is 0.858. The van der Waals surface area contributed by atoms with Gasteiger partial charge >= 0.3 is 12.1 Å². The summed E-state index contributed by atoms with van der Waals surface area (Å²) in [5, 5.41) is 0. The molecule has 0 aromatic rings. The second-order valence-corrected chi connectivity index (χ2v) is 3.37. The minimum atomic E-state index is -5.04. The van der Waals surface area contributed by atoms with Gasteiger partial charge in [-0.25, -0.2) is 4.79 Å². The SMILES string of the molecule is CCC(C(=O)OOC(C)C)C(=O)C(F)(F)F. The van der Waals surface area contributed by atoms with E-state index in [-0.39, 0.29) is 6.42 Å². The van der Waals surface area contributed by atoms with Crippen molar-refractivity contribution < 1.29 is 32.5 Å². The lowest BCUT2D eigenvalue weighted by molar-refractivity contribution is -0.294. The summed E-state index contributed by atoms with van der Waals surface area (Å²) >= 11 is 0. The molecule has 16 heavy (non-hydrogen) atoms. The Bertz CT molecular complexity index is 260. The number of ketones is 1. The predicted molar refractivity (Wildman–Crippen MR) is 47.2 cm³/mol. The van der Waals surface area contributed by atoms with Crippen molar-refractivity contribution in [2.75, 3.05) is 0 Å². The van der Waals surface area contributed by atoms with E-state index in [0.29, 0.717) is 0 Å². The van der Waals surface area contributed by atoms with Crippen molar-refractivity contribution in [3.63, 3.8) is 0 Å².